The third kappa shape index (κ3) is 5.27. The summed E-state index contributed by atoms with van der Waals surface area (Å²) in [6.07, 6.45) is 1.72. The lowest BCUT2D eigenvalue weighted by atomic mass is 9.95. The number of piperazine rings is 1. The van der Waals surface area contributed by atoms with Gasteiger partial charge < -0.3 is 14.7 Å². The Morgan fingerprint density at radius 3 is 1.94 bits per heavy atom. The molecule has 1 atom stereocenters. The number of likely N-dealkylation sites (tertiary alicyclic amines) is 1. The van der Waals surface area contributed by atoms with Gasteiger partial charge in [-0.25, -0.2) is 4.79 Å². The molecule has 34 heavy (non-hydrogen) atoms. The molecular formula is C28H38N4O2. The number of piperidine rings is 1. The van der Waals surface area contributed by atoms with E-state index in [1.165, 1.54) is 11.1 Å². The zero-order valence-electron chi connectivity index (χ0n) is 20.8. The maximum Gasteiger partial charge on any atom is 0.320 e. The number of hydrogen-bond acceptors (Lipinski definition) is 3. The van der Waals surface area contributed by atoms with E-state index in [4.69, 9.17) is 0 Å². The SMILES string of the molecule is CCN(C(=O)N1CCN(C(c2ccccc2)c2ccccc2)CC1C)C1CCN(C(C)=O)CC1. The number of urea groups is 1. The number of amides is 3. The molecular weight excluding hydrogens is 424 g/mol. The van der Waals surface area contributed by atoms with Crippen molar-refractivity contribution in [3.63, 3.8) is 0 Å². The molecule has 1 unspecified atom stereocenters. The summed E-state index contributed by atoms with van der Waals surface area (Å²) in [5.74, 6) is 0.129. The highest BCUT2D eigenvalue weighted by Crippen LogP contribution is 2.31. The summed E-state index contributed by atoms with van der Waals surface area (Å²) < 4.78 is 0. The Hall–Kier alpha value is -2.86. The van der Waals surface area contributed by atoms with Gasteiger partial charge in [0.15, 0.2) is 0 Å². The lowest BCUT2D eigenvalue weighted by Gasteiger charge is -2.46. The number of carbonyl (C=O) groups is 2. The fourth-order valence-electron chi connectivity index (χ4n) is 5.60. The molecule has 3 amide bonds. The first-order valence-corrected chi connectivity index (χ1v) is 12.7. The first-order chi connectivity index (χ1) is 16.5. The molecule has 0 bridgehead atoms. The van der Waals surface area contributed by atoms with Crippen LogP contribution in [0.4, 0.5) is 4.79 Å². The van der Waals surface area contributed by atoms with Gasteiger partial charge in [-0.15, -0.1) is 0 Å². The molecule has 2 aliphatic heterocycles. The average Bonchev–Trinajstić information content (AvgIpc) is 2.86. The quantitative estimate of drug-likeness (QED) is 0.668. The number of benzene rings is 2. The highest BCUT2D eigenvalue weighted by atomic mass is 16.2. The molecule has 0 aliphatic carbocycles. The molecule has 0 radical (unpaired) electrons. The zero-order chi connectivity index (χ0) is 24.1. The zero-order valence-corrected chi connectivity index (χ0v) is 20.8. The molecule has 2 saturated heterocycles. The van der Waals surface area contributed by atoms with Crippen LogP contribution >= 0.6 is 0 Å². The molecule has 0 spiro atoms. The van der Waals surface area contributed by atoms with Gasteiger partial charge in [0.2, 0.25) is 5.91 Å². The van der Waals surface area contributed by atoms with Crippen LogP contribution in [0.25, 0.3) is 0 Å². The number of nitrogens with zero attached hydrogens (tertiary/aromatic N) is 4. The van der Waals surface area contributed by atoms with Crippen molar-refractivity contribution >= 4 is 11.9 Å². The van der Waals surface area contributed by atoms with E-state index in [2.05, 4.69) is 84.3 Å². The van der Waals surface area contributed by atoms with Crippen molar-refractivity contribution < 1.29 is 9.59 Å². The maximum atomic E-state index is 13.6. The van der Waals surface area contributed by atoms with Crippen LogP contribution in [0.2, 0.25) is 0 Å². The topological polar surface area (TPSA) is 47.1 Å². The first-order valence-electron chi connectivity index (χ1n) is 12.7. The van der Waals surface area contributed by atoms with Gasteiger partial charge in [0.1, 0.15) is 0 Å². The van der Waals surface area contributed by atoms with Gasteiger partial charge >= 0.3 is 6.03 Å². The van der Waals surface area contributed by atoms with E-state index in [1.54, 1.807) is 6.92 Å². The highest BCUT2D eigenvalue weighted by Gasteiger charge is 2.36. The molecule has 6 nitrogen and oxygen atoms in total. The van der Waals surface area contributed by atoms with E-state index >= 15 is 0 Å². The molecule has 2 heterocycles. The van der Waals surface area contributed by atoms with Crippen LogP contribution in [-0.4, -0.2) is 82.9 Å². The molecule has 2 aromatic rings. The molecule has 0 aromatic heterocycles. The van der Waals surface area contributed by atoms with Crippen LogP contribution in [0.3, 0.4) is 0 Å². The van der Waals surface area contributed by atoms with E-state index in [0.29, 0.717) is 6.54 Å². The van der Waals surface area contributed by atoms with Gasteiger partial charge in [-0.05, 0) is 37.8 Å². The summed E-state index contributed by atoms with van der Waals surface area (Å²) in [6.45, 7) is 10.4. The second kappa shape index (κ2) is 11.0. The van der Waals surface area contributed by atoms with E-state index in [1.807, 2.05) is 9.80 Å². The Labute approximate surface area is 204 Å². The van der Waals surface area contributed by atoms with Crippen molar-refractivity contribution in [2.24, 2.45) is 0 Å². The van der Waals surface area contributed by atoms with Crippen molar-refractivity contribution in [2.75, 3.05) is 39.3 Å². The maximum absolute atomic E-state index is 13.6. The fraction of sp³-hybridized carbons (Fsp3) is 0.500. The lowest BCUT2D eigenvalue weighted by Crippen LogP contribution is -2.60. The smallest absolute Gasteiger partial charge is 0.320 e. The Morgan fingerprint density at radius 1 is 0.912 bits per heavy atom. The molecule has 0 N–H and O–H groups in total. The molecule has 6 heteroatoms. The van der Waals surface area contributed by atoms with E-state index in [9.17, 15) is 9.59 Å². The van der Waals surface area contributed by atoms with Gasteiger partial charge in [0.05, 0.1) is 6.04 Å². The van der Waals surface area contributed by atoms with Gasteiger partial charge in [-0.3, -0.25) is 9.69 Å². The standard InChI is InChI=1S/C28H38N4O2/c1-4-31(26-15-17-29(18-16-26)23(3)33)28(34)32-20-19-30(21-22(32)2)27(24-11-7-5-8-12-24)25-13-9-6-10-14-25/h5-14,22,26-27H,4,15-21H2,1-3H3. The van der Waals surface area contributed by atoms with Crippen molar-refractivity contribution in [3.8, 4) is 0 Å². The summed E-state index contributed by atoms with van der Waals surface area (Å²) in [6, 6.07) is 22.0. The average molecular weight is 463 g/mol. The van der Waals surface area contributed by atoms with Gasteiger partial charge in [0.25, 0.3) is 0 Å². The predicted octanol–water partition coefficient (Wildman–Crippen LogP) is 4.23. The van der Waals surface area contributed by atoms with Crippen LogP contribution < -0.4 is 0 Å². The van der Waals surface area contributed by atoms with Gasteiger partial charge in [-0.1, -0.05) is 60.7 Å². The fourth-order valence-corrected chi connectivity index (χ4v) is 5.60. The normalized spacial score (nSPS) is 19.9. The molecule has 2 fully saturated rings. The number of hydrogen-bond donors (Lipinski definition) is 0. The minimum atomic E-state index is 0.127. The van der Waals surface area contributed by atoms with Gasteiger partial charge in [-0.2, -0.15) is 0 Å². The third-order valence-corrected chi connectivity index (χ3v) is 7.44. The lowest BCUT2D eigenvalue weighted by molar-refractivity contribution is -0.130. The summed E-state index contributed by atoms with van der Waals surface area (Å²) >= 11 is 0. The number of rotatable bonds is 5. The second-order valence-corrected chi connectivity index (χ2v) is 9.57. The Bertz CT molecular complexity index is 904. The van der Waals surface area contributed by atoms with Crippen LogP contribution in [0.1, 0.15) is 50.8 Å². The van der Waals surface area contributed by atoms with E-state index < -0.39 is 0 Å². The van der Waals surface area contributed by atoms with Crippen LogP contribution in [0.15, 0.2) is 60.7 Å². The third-order valence-electron chi connectivity index (χ3n) is 7.44. The molecule has 182 valence electrons. The molecule has 4 rings (SSSR count). The summed E-state index contributed by atoms with van der Waals surface area (Å²) in [4.78, 5) is 33.8. The van der Waals surface area contributed by atoms with Crippen LogP contribution in [0, 0.1) is 0 Å². The molecule has 2 aromatic carbocycles. The number of carbonyl (C=O) groups excluding carboxylic acids is 2. The highest BCUT2D eigenvalue weighted by molar-refractivity contribution is 5.76. The molecule has 2 aliphatic rings. The van der Waals surface area contributed by atoms with Crippen molar-refractivity contribution in [2.45, 2.75) is 51.7 Å². The molecule has 0 saturated carbocycles. The van der Waals surface area contributed by atoms with Crippen molar-refractivity contribution in [1.82, 2.24) is 19.6 Å². The monoisotopic (exact) mass is 462 g/mol. The van der Waals surface area contributed by atoms with E-state index in [0.717, 1.165) is 45.6 Å². The predicted molar refractivity (Wildman–Crippen MR) is 136 cm³/mol. The summed E-state index contributed by atoms with van der Waals surface area (Å²) in [5.41, 5.74) is 2.57. The first kappa shape index (κ1) is 24.3. The largest absolute Gasteiger partial charge is 0.343 e. The Morgan fingerprint density at radius 2 is 1.47 bits per heavy atom. The van der Waals surface area contributed by atoms with Crippen molar-refractivity contribution in [3.05, 3.63) is 71.8 Å². The van der Waals surface area contributed by atoms with Crippen LogP contribution in [-0.2, 0) is 4.79 Å². The van der Waals surface area contributed by atoms with Gasteiger partial charge in [0, 0.05) is 58.3 Å². The minimum absolute atomic E-state index is 0.127. The van der Waals surface area contributed by atoms with E-state index in [-0.39, 0.29) is 30.1 Å². The minimum Gasteiger partial charge on any atom is -0.343 e. The second-order valence-electron chi connectivity index (χ2n) is 9.57. The summed E-state index contributed by atoms with van der Waals surface area (Å²) in [7, 11) is 0. The Kier molecular flexibility index (Phi) is 7.88. The van der Waals surface area contributed by atoms with Crippen LogP contribution in [0.5, 0.6) is 0 Å². The summed E-state index contributed by atoms with van der Waals surface area (Å²) in [5, 5.41) is 0. The van der Waals surface area contributed by atoms with Crippen molar-refractivity contribution in [1.29, 1.82) is 0 Å². The Balaban J connectivity index is 1.45.